The van der Waals surface area contributed by atoms with Gasteiger partial charge in [0.05, 0.1) is 5.52 Å². The van der Waals surface area contributed by atoms with Crippen molar-refractivity contribution in [2.45, 2.75) is 111 Å². The van der Waals surface area contributed by atoms with Gasteiger partial charge in [-0.2, -0.15) is 11.3 Å². The van der Waals surface area contributed by atoms with E-state index in [-0.39, 0.29) is 0 Å². The molecule has 0 atom stereocenters. The van der Waals surface area contributed by atoms with Crippen molar-refractivity contribution in [2.24, 2.45) is 0 Å². The predicted octanol–water partition coefficient (Wildman–Crippen LogP) is 15.0. The minimum absolute atomic E-state index is 1.06. The molecule has 0 unspecified atom stereocenters. The summed E-state index contributed by atoms with van der Waals surface area (Å²) in [6.45, 7) is 32.0. The van der Waals surface area contributed by atoms with Gasteiger partial charge in [-0.15, -0.1) is 0 Å². The molecule has 3 heteroatoms. The average molecular weight is 611 g/mol. The summed E-state index contributed by atoms with van der Waals surface area (Å²) < 4.78 is 0. The molecular weight excluding hydrogens is 541 g/mol. The number of hydrogen-bond acceptors (Lipinski definition) is 3. The zero-order chi connectivity index (χ0) is 34.8. The molecule has 0 N–H and O–H groups in total. The van der Waals surface area contributed by atoms with Crippen molar-refractivity contribution in [1.29, 1.82) is 0 Å². The molecule has 3 heterocycles. The monoisotopic (exact) mass is 611 g/mol. The normalized spacial score (nSPS) is 6.60. The zero-order valence-electron chi connectivity index (χ0n) is 31.0. The van der Waals surface area contributed by atoms with Crippen LogP contribution >= 0.6 is 11.3 Å². The molecule has 3 aromatic heterocycles. The molecule has 0 spiro atoms. The number of nitrogens with zero attached hydrogens (tertiary/aromatic N) is 2. The van der Waals surface area contributed by atoms with Crippen molar-refractivity contribution in [3.05, 3.63) is 132 Å². The van der Waals surface area contributed by atoms with Crippen LogP contribution in [-0.2, 0) is 0 Å². The fourth-order valence-corrected chi connectivity index (χ4v) is 2.39. The van der Waals surface area contributed by atoms with Gasteiger partial charge in [-0.25, -0.2) is 0 Å². The lowest BCUT2D eigenvalue weighted by atomic mass is 10.2. The second kappa shape index (κ2) is 71.7. The van der Waals surface area contributed by atoms with Gasteiger partial charge in [-0.1, -0.05) is 190 Å². The van der Waals surface area contributed by atoms with E-state index in [1.165, 1.54) is 5.39 Å². The van der Waals surface area contributed by atoms with Crippen LogP contribution in [0.2, 0.25) is 0 Å². The lowest BCUT2D eigenvalue weighted by Gasteiger charge is -1.91. The Labute approximate surface area is 274 Å². The third-order valence-electron chi connectivity index (χ3n) is 3.17. The molecule has 2 aromatic carbocycles. The number of aromatic nitrogens is 2. The van der Waals surface area contributed by atoms with Crippen LogP contribution in [0, 0.1) is 0 Å². The van der Waals surface area contributed by atoms with Crippen LogP contribution < -0.4 is 0 Å². The summed E-state index contributed by atoms with van der Waals surface area (Å²) in [6.07, 6.45) is 5.31. The van der Waals surface area contributed by atoms with Crippen molar-refractivity contribution in [3.8, 4) is 0 Å². The number of benzene rings is 2. The van der Waals surface area contributed by atoms with Gasteiger partial charge in [0.15, 0.2) is 0 Å². The number of para-hydroxylation sites is 1. The highest BCUT2D eigenvalue weighted by Crippen LogP contribution is 2.07. The molecule has 0 aliphatic carbocycles. The first-order valence-corrected chi connectivity index (χ1v) is 17.5. The van der Waals surface area contributed by atoms with E-state index in [2.05, 4.69) is 22.1 Å². The molecule has 0 saturated heterocycles. The summed E-state index contributed by atoms with van der Waals surface area (Å²) in [6, 6.07) is 33.8. The van der Waals surface area contributed by atoms with E-state index in [9.17, 15) is 0 Å². The SMILES string of the molecule is CC.CC.CC.CC.CC.CC.CC.CC.c1ccc2ncccc2c1.c1ccccc1.c1ccncc1.c1ccsc1. The number of rotatable bonds is 0. The summed E-state index contributed by atoms with van der Waals surface area (Å²) in [5.41, 5.74) is 1.06. The molecule has 0 aliphatic heterocycles. The minimum Gasteiger partial charge on any atom is -0.265 e. The third kappa shape index (κ3) is 51.9. The van der Waals surface area contributed by atoms with Crippen molar-refractivity contribution in [1.82, 2.24) is 9.97 Å². The first-order chi connectivity index (χ1) is 21.5. The molecule has 246 valence electrons. The number of pyridine rings is 2. The van der Waals surface area contributed by atoms with Crippen molar-refractivity contribution < 1.29 is 0 Å². The topological polar surface area (TPSA) is 25.8 Å². The molecule has 43 heavy (non-hydrogen) atoms. The Bertz CT molecular complexity index is 758. The summed E-state index contributed by atoms with van der Waals surface area (Å²) >= 11 is 1.71. The Morgan fingerprint density at radius 3 is 0.977 bits per heavy atom. The van der Waals surface area contributed by atoms with Crippen LogP contribution in [0.1, 0.15) is 111 Å². The Morgan fingerprint density at radius 1 is 0.349 bits per heavy atom. The maximum absolute atomic E-state index is 4.18. The highest BCUT2D eigenvalue weighted by molar-refractivity contribution is 7.07. The molecule has 0 aliphatic rings. The first kappa shape index (κ1) is 55.6. The van der Waals surface area contributed by atoms with E-state index in [0.717, 1.165) is 5.52 Å². The maximum atomic E-state index is 4.18. The number of thiophene rings is 1. The summed E-state index contributed by atoms with van der Waals surface area (Å²) in [4.78, 5) is 7.97. The molecular formula is C40H70N2S. The van der Waals surface area contributed by atoms with E-state index >= 15 is 0 Å². The Balaban J connectivity index is -0.0000000709. The number of hydrogen-bond donors (Lipinski definition) is 0. The third-order valence-corrected chi connectivity index (χ3v) is 3.80. The van der Waals surface area contributed by atoms with E-state index in [4.69, 9.17) is 0 Å². The predicted molar refractivity (Wildman–Crippen MR) is 208 cm³/mol. The van der Waals surface area contributed by atoms with Gasteiger partial charge in [0.25, 0.3) is 0 Å². The second-order valence-corrected chi connectivity index (χ2v) is 5.99. The van der Waals surface area contributed by atoms with Gasteiger partial charge in [-0.3, -0.25) is 9.97 Å². The van der Waals surface area contributed by atoms with Crippen LogP contribution in [0.3, 0.4) is 0 Å². The van der Waals surface area contributed by atoms with Crippen molar-refractivity contribution >= 4 is 22.2 Å². The summed E-state index contributed by atoms with van der Waals surface area (Å²) in [5, 5.41) is 5.28. The second-order valence-electron chi connectivity index (χ2n) is 5.17. The molecule has 0 bridgehead atoms. The van der Waals surface area contributed by atoms with Gasteiger partial charge in [-0.05, 0) is 35.0 Å². The van der Waals surface area contributed by atoms with Crippen LogP contribution in [0.15, 0.2) is 132 Å². The van der Waals surface area contributed by atoms with Crippen molar-refractivity contribution in [2.75, 3.05) is 0 Å². The lowest BCUT2D eigenvalue weighted by molar-refractivity contribution is 1.33. The van der Waals surface area contributed by atoms with Gasteiger partial charge < -0.3 is 0 Å². The fraction of sp³-hybridized carbons (Fsp3) is 0.400. The first-order valence-electron chi connectivity index (χ1n) is 16.6. The van der Waals surface area contributed by atoms with Crippen LogP contribution in [0.5, 0.6) is 0 Å². The van der Waals surface area contributed by atoms with Gasteiger partial charge in [0.2, 0.25) is 0 Å². The highest BCUT2D eigenvalue weighted by Gasteiger charge is 1.86. The van der Waals surface area contributed by atoms with Gasteiger partial charge >= 0.3 is 0 Å². The van der Waals surface area contributed by atoms with E-state index < -0.39 is 0 Å². The Hall–Kier alpha value is -3.30. The van der Waals surface area contributed by atoms with Crippen LogP contribution in [0.25, 0.3) is 10.9 Å². The molecule has 5 rings (SSSR count). The summed E-state index contributed by atoms with van der Waals surface area (Å²) in [7, 11) is 0. The molecule has 5 aromatic rings. The summed E-state index contributed by atoms with van der Waals surface area (Å²) in [5.74, 6) is 0. The van der Waals surface area contributed by atoms with Gasteiger partial charge in [0, 0.05) is 24.0 Å². The van der Waals surface area contributed by atoms with Gasteiger partial charge in [0.1, 0.15) is 0 Å². The zero-order valence-corrected chi connectivity index (χ0v) is 31.8. The number of fused-ring (bicyclic) bond motifs is 1. The molecule has 2 nitrogen and oxygen atoms in total. The highest BCUT2D eigenvalue weighted by atomic mass is 32.1. The average Bonchev–Trinajstić information content (AvgIpc) is 3.78. The Kier molecular flexibility index (Phi) is 92.7. The van der Waals surface area contributed by atoms with E-state index in [0.29, 0.717) is 0 Å². The van der Waals surface area contributed by atoms with E-state index in [1.54, 1.807) is 23.7 Å². The molecule has 0 fully saturated rings. The fourth-order valence-electron chi connectivity index (χ4n) is 1.94. The standard InChI is InChI=1S/C9H7N.C6H6.C5H5N.C4H4S.8C2H6/c1-2-6-9-8(4-1)5-3-7-10-9;2*1-2-4-6-5-3-1;1-2-4-5-3-1;8*1-2/h1-7H;1-6H;1-5H;1-4H;8*1-2H3. The maximum Gasteiger partial charge on any atom is 0.0701 e. The van der Waals surface area contributed by atoms with Crippen LogP contribution in [0.4, 0.5) is 0 Å². The van der Waals surface area contributed by atoms with Crippen LogP contribution in [-0.4, -0.2) is 9.97 Å². The Morgan fingerprint density at radius 2 is 0.698 bits per heavy atom. The molecule has 0 saturated carbocycles. The van der Waals surface area contributed by atoms with Crippen molar-refractivity contribution in [3.63, 3.8) is 0 Å². The largest absolute Gasteiger partial charge is 0.265 e. The quantitative estimate of drug-likeness (QED) is 0.174. The molecule has 0 amide bonds. The van der Waals surface area contributed by atoms with E-state index in [1.807, 2.05) is 219 Å². The lowest BCUT2D eigenvalue weighted by Crippen LogP contribution is -1.73. The minimum atomic E-state index is 1.06. The smallest absolute Gasteiger partial charge is 0.0701 e. The molecule has 0 radical (unpaired) electrons.